The molecule has 0 aliphatic carbocycles. The van der Waals surface area contributed by atoms with Crippen LogP contribution in [0.15, 0.2) is 0 Å². The number of aliphatic hydroxyl groups is 1. The smallest absolute Gasteiger partial charge is 0.0589 e. The van der Waals surface area contributed by atoms with Crippen molar-refractivity contribution in [1.82, 2.24) is 4.90 Å². The summed E-state index contributed by atoms with van der Waals surface area (Å²) in [5.74, 6) is 0. The van der Waals surface area contributed by atoms with E-state index >= 15 is 0 Å². The molecule has 0 bridgehead atoms. The summed E-state index contributed by atoms with van der Waals surface area (Å²) < 4.78 is 5.03. The molecule has 0 heterocycles. The molecule has 0 rings (SSSR count). The molecular weight excluding hydrogens is 178 g/mol. The first kappa shape index (κ1) is 13.9. The Hall–Kier alpha value is -0.120. The zero-order chi connectivity index (χ0) is 10.8. The number of ether oxygens (including phenoxy) is 1. The van der Waals surface area contributed by atoms with Crippen LogP contribution in [-0.4, -0.2) is 49.5 Å². The zero-order valence-corrected chi connectivity index (χ0v) is 9.83. The van der Waals surface area contributed by atoms with Gasteiger partial charge in [0.25, 0.3) is 0 Å². The summed E-state index contributed by atoms with van der Waals surface area (Å²) in [6.45, 7) is 8.10. The normalized spacial score (nSPS) is 13.5. The monoisotopic (exact) mass is 203 g/mol. The van der Waals surface area contributed by atoms with E-state index in [2.05, 4.69) is 11.8 Å². The molecule has 0 aliphatic rings. The molecule has 1 unspecified atom stereocenters. The fraction of sp³-hybridized carbons (Fsp3) is 1.00. The van der Waals surface area contributed by atoms with Gasteiger partial charge in [0.05, 0.1) is 12.7 Å². The number of aliphatic hydroxyl groups excluding tert-OH is 1. The van der Waals surface area contributed by atoms with E-state index in [-0.39, 0.29) is 6.10 Å². The summed E-state index contributed by atoms with van der Waals surface area (Å²) in [5, 5.41) is 9.38. The van der Waals surface area contributed by atoms with Gasteiger partial charge in [-0.1, -0.05) is 13.8 Å². The van der Waals surface area contributed by atoms with Crippen LogP contribution in [-0.2, 0) is 4.74 Å². The standard InChI is InChI=1S/C11H25NO2/c1-4-11(13)7-6-8-12(5-2)9-10-14-3/h11,13H,4-10H2,1-3H3. The van der Waals surface area contributed by atoms with Crippen LogP contribution in [0.3, 0.4) is 0 Å². The molecule has 3 heteroatoms. The quantitative estimate of drug-likeness (QED) is 0.616. The van der Waals surface area contributed by atoms with Crippen molar-refractivity contribution >= 4 is 0 Å². The van der Waals surface area contributed by atoms with E-state index in [1.54, 1.807) is 7.11 Å². The van der Waals surface area contributed by atoms with Gasteiger partial charge in [-0.3, -0.25) is 0 Å². The van der Waals surface area contributed by atoms with E-state index in [9.17, 15) is 5.11 Å². The SMILES string of the molecule is CCC(O)CCCN(CC)CCOC. The van der Waals surface area contributed by atoms with Crippen molar-refractivity contribution in [2.45, 2.75) is 39.2 Å². The molecule has 0 fully saturated rings. The van der Waals surface area contributed by atoms with Crippen molar-refractivity contribution in [2.75, 3.05) is 33.4 Å². The summed E-state index contributed by atoms with van der Waals surface area (Å²) in [6, 6.07) is 0. The largest absolute Gasteiger partial charge is 0.393 e. The number of likely N-dealkylation sites (N-methyl/N-ethyl adjacent to an activating group) is 1. The van der Waals surface area contributed by atoms with Crippen molar-refractivity contribution in [3.05, 3.63) is 0 Å². The lowest BCUT2D eigenvalue weighted by Gasteiger charge is -2.20. The van der Waals surface area contributed by atoms with Crippen molar-refractivity contribution in [3.8, 4) is 0 Å². The van der Waals surface area contributed by atoms with Crippen molar-refractivity contribution in [1.29, 1.82) is 0 Å². The first-order valence-electron chi connectivity index (χ1n) is 5.63. The van der Waals surface area contributed by atoms with E-state index in [0.29, 0.717) is 0 Å². The van der Waals surface area contributed by atoms with E-state index in [0.717, 1.165) is 45.5 Å². The van der Waals surface area contributed by atoms with Gasteiger partial charge in [0.1, 0.15) is 0 Å². The van der Waals surface area contributed by atoms with Crippen LogP contribution < -0.4 is 0 Å². The lowest BCUT2D eigenvalue weighted by molar-refractivity contribution is 0.133. The van der Waals surface area contributed by atoms with Gasteiger partial charge < -0.3 is 14.7 Å². The van der Waals surface area contributed by atoms with Gasteiger partial charge in [-0.05, 0) is 32.4 Å². The number of rotatable bonds is 9. The zero-order valence-electron chi connectivity index (χ0n) is 9.83. The molecule has 1 N–H and O–H groups in total. The first-order valence-corrected chi connectivity index (χ1v) is 5.63. The minimum atomic E-state index is -0.115. The van der Waals surface area contributed by atoms with Crippen LogP contribution in [0.1, 0.15) is 33.1 Å². The second-order valence-corrected chi connectivity index (χ2v) is 3.63. The maximum Gasteiger partial charge on any atom is 0.0589 e. The lowest BCUT2D eigenvalue weighted by atomic mass is 10.1. The van der Waals surface area contributed by atoms with Gasteiger partial charge in [0.2, 0.25) is 0 Å². The minimum Gasteiger partial charge on any atom is -0.393 e. The van der Waals surface area contributed by atoms with Crippen LogP contribution in [0.5, 0.6) is 0 Å². The van der Waals surface area contributed by atoms with Crippen molar-refractivity contribution in [2.24, 2.45) is 0 Å². The highest BCUT2D eigenvalue weighted by molar-refractivity contribution is 4.58. The molecule has 0 aliphatic heterocycles. The highest BCUT2D eigenvalue weighted by Gasteiger charge is 2.04. The minimum absolute atomic E-state index is 0.115. The molecule has 3 nitrogen and oxygen atoms in total. The molecule has 0 aromatic rings. The van der Waals surface area contributed by atoms with Gasteiger partial charge in [0, 0.05) is 13.7 Å². The third-order valence-electron chi connectivity index (χ3n) is 2.54. The fourth-order valence-corrected chi connectivity index (χ4v) is 1.40. The van der Waals surface area contributed by atoms with Gasteiger partial charge in [-0.25, -0.2) is 0 Å². The predicted octanol–water partition coefficient (Wildman–Crippen LogP) is 1.51. The molecule has 0 saturated carbocycles. The van der Waals surface area contributed by atoms with E-state index in [1.807, 2.05) is 6.92 Å². The maximum absolute atomic E-state index is 9.38. The first-order chi connectivity index (χ1) is 6.74. The number of hydrogen-bond acceptors (Lipinski definition) is 3. The molecule has 14 heavy (non-hydrogen) atoms. The van der Waals surface area contributed by atoms with Crippen molar-refractivity contribution < 1.29 is 9.84 Å². The number of hydrogen-bond donors (Lipinski definition) is 1. The molecule has 0 spiro atoms. The Morgan fingerprint density at radius 3 is 2.50 bits per heavy atom. The Labute approximate surface area is 88.1 Å². The summed E-state index contributed by atoms with van der Waals surface area (Å²) in [6.07, 6.45) is 2.74. The molecule has 86 valence electrons. The molecule has 0 saturated heterocycles. The predicted molar refractivity (Wildman–Crippen MR) is 59.5 cm³/mol. The van der Waals surface area contributed by atoms with Gasteiger partial charge >= 0.3 is 0 Å². The highest BCUT2D eigenvalue weighted by atomic mass is 16.5. The number of methoxy groups -OCH3 is 1. The van der Waals surface area contributed by atoms with Crippen LogP contribution in [0, 0.1) is 0 Å². The summed E-state index contributed by atoms with van der Waals surface area (Å²) in [7, 11) is 1.73. The number of nitrogens with zero attached hydrogens (tertiary/aromatic N) is 1. The van der Waals surface area contributed by atoms with Gasteiger partial charge in [-0.15, -0.1) is 0 Å². The summed E-state index contributed by atoms with van der Waals surface area (Å²) in [4.78, 5) is 2.35. The molecule has 0 aromatic heterocycles. The average Bonchev–Trinajstić information content (AvgIpc) is 2.22. The third-order valence-corrected chi connectivity index (χ3v) is 2.54. The topological polar surface area (TPSA) is 32.7 Å². The van der Waals surface area contributed by atoms with Crippen LogP contribution >= 0.6 is 0 Å². The third kappa shape index (κ3) is 7.30. The lowest BCUT2D eigenvalue weighted by Crippen LogP contribution is -2.28. The Bertz CT molecular complexity index is 120. The van der Waals surface area contributed by atoms with E-state index in [4.69, 9.17) is 4.74 Å². The Morgan fingerprint density at radius 1 is 1.29 bits per heavy atom. The Morgan fingerprint density at radius 2 is 2.00 bits per heavy atom. The molecule has 0 amide bonds. The fourth-order valence-electron chi connectivity index (χ4n) is 1.40. The second-order valence-electron chi connectivity index (χ2n) is 3.63. The molecule has 0 radical (unpaired) electrons. The van der Waals surface area contributed by atoms with Crippen molar-refractivity contribution in [3.63, 3.8) is 0 Å². The van der Waals surface area contributed by atoms with E-state index in [1.165, 1.54) is 0 Å². The van der Waals surface area contributed by atoms with E-state index < -0.39 is 0 Å². The highest BCUT2D eigenvalue weighted by Crippen LogP contribution is 2.02. The van der Waals surface area contributed by atoms with Crippen LogP contribution in [0.25, 0.3) is 0 Å². The van der Waals surface area contributed by atoms with Crippen LogP contribution in [0.4, 0.5) is 0 Å². The summed E-state index contributed by atoms with van der Waals surface area (Å²) >= 11 is 0. The van der Waals surface area contributed by atoms with Crippen LogP contribution in [0.2, 0.25) is 0 Å². The Kier molecular flexibility index (Phi) is 9.35. The van der Waals surface area contributed by atoms with Gasteiger partial charge in [0.15, 0.2) is 0 Å². The molecular formula is C11H25NO2. The average molecular weight is 203 g/mol. The maximum atomic E-state index is 9.38. The molecule has 0 aromatic carbocycles. The second kappa shape index (κ2) is 9.44. The Balaban J connectivity index is 3.42. The molecule has 1 atom stereocenters. The summed E-state index contributed by atoms with van der Waals surface area (Å²) in [5.41, 5.74) is 0. The van der Waals surface area contributed by atoms with Gasteiger partial charge in [-0.2, -0.15) is 0 Å².